The zero-order valence-corrected chi connectivity index (χ0v) is 11.9. The van der Waals surface area contributed by atoms with Crippen molar-refractivity contribution in [2.45, 2.75) is 19.9 Å². The molecule has 0 saturated carbocycles. The van der Waals surface area contributed by atoms with Gasteiger partial charge < -0.3 is 10.6 Å². The molecule has 3 nitrogen and oxygen atoms in total. The van der Waals surface area contributed by atoms with Crippen molar-refractivity contribution in [2.24, 2.45) is 0 Å². The maximum atomic E-state index is 11.7. The summed E-state index contributed by atoms with van der Waals surface area (Å²) in [7, 11) is 0. The number of amides is 1. The van der Waals surface area contributed by atoms with Gasteiger partial charge in [0.15, 0.2) is 0 Å². The van der Waals surface area contributed by atoms with Crippen molar-refractivity contribution in [3.8, 4) is 0 Å². The minimum atomic E-state index is -0.402. The number of hydrogen-bond acceptors (Lipinski definition) is 2. The van der Waals surface area contributed by atoms with Gasteiger partial charge in [-0.25, -0.2) is 0 Å². The molecule has 2 N–H and O–H groups in total. The highest BCUT2D eigenvalue weighted by Crippen LogP contribution is 2.29. The molecule has 0 fully saturated rings. The third kappa shape index (κ3) is 3.93. The first-order valence-corrected chi connectivity index (χ1v) is 6.32. The highest BCUT2D eigenvalue weighted by molar-refractivity contribution is 6.35. The fourth-order valence-corrected chi connectivity index (χ4v) is 1.82. The van der Waals surface area contributed by atoms with Crippen LogP contribution < -0.4 is 10.6 Å². The Hall–Kier alpha value is -1.19. The second-order valence-corrected chi connectivity index (χ2v) is 4.80. The zero-order valence-electron chi connectivity index (χ0n) is 10.4. The van der Waals surface area contributed by atoms with Crippen molar-refractivity contribution in [3.63, 3.8) is 0 Å². The minimum Gasteiger partial charge on any atom is -0.373 e. The van der Waals surface area contributed by atoms with Gasteiger partial charge in [-0.2, -0.15) is 0 Å². The fourth-order valence-electron chi connectivity index (χ4n) is 1.38. The smallest absolute Gasteiger partial charge is 0.242 e. The lowest BCUT2D eigenvalue weighted by atomic mass is 10.2. The first kappa shape index (κ1) is 14.9. The number of halogens is 2. The molecular weight excluding hydrogens is 271 g/mol. The Bertz CT molecular complexity index is 461. The van der Waals surface area contributed by atoms with Gasteiger partial charge in [-0.05, 0) is 31.5 Å². The van der Waals surface area contributed by atoms with E-state index in [0.717, 1.165) is 5.56 Å². The van der Waals surface area contributed by atoms with E-state index in [1.54, 1.807) is 25.1 Å². The predicted octanol–water partition coefficient (Wildman–Crippen LogP) is 3.40. The number of carbonyl (C=O) groups is 1. The molecule has 0 spiro atoms. The fraction of sp³-hybridized carbons (Fsp3) is 0.308. The van der Waals surface area contributed by atoms with Crippen LogP contribution >= 0.6 is 23.2 Å². The van der Waals surface area contributed by atoms with E-state index in [1.165, 1.54) is 0 Å². The molecule has 1 unspecified atom stereocenters. The monoisotopic (exact) mass is 286 g/mol. The molecule has 0 aromatic heterocycles. The summed E-state index contributed by atoms with van der Waals surface area (Å²) in [5.74, 6) is -0.123. The van der Waals surface area contributed by atoms with E-state index in [0.29, 0.717) is 22.3 Å². The SMILES string of the molecule is C=CCNC(=O)C(C)Nc1cc(Cl)c(C)cc1Cl. The highest BCUT2D eigenvalue weighted by Gasteiger charge is 2.13. The number of rotatable bonds is 5. The molecule has 1 aromatic carbocycles. The van der Waals surface area contributed by atoms with Gasteiger partial charge in [0.1, 0.15) is 6.04 Å². The van der Waals surface area contributed by atoms with Crippen molar-refractivity contribution in [1.82, 2.24) is 5.32 Å². The molecule has 1 amide bonds. The second-order valence-electron chi connectivity index (χ2n) is 3.98. The average Bonchev–Trinajstić information content (AvgIpc) is 2.32. The van der Waals surface area contributed by atoms with Crippen LogP contribution in [0.15, 0.2) is 24.8 Å². The summed E-state index contributed by atoms with van der Waals surface area (Å²) in [6, 6.07) is 3.08. The van der Waals surface area contributed by atoms with Crippen molar-refractivity contribution in [2.75, 3.05) is 11.9 Å². The molecule has 1 rings (SSSR count). The molecule has 0 aliphatic carbocycles. The summed E-state index contributed by atoms with van der Waals surface area (Å²) in [5.41, 5.74) is 1.55. The van der Waals surface area contributed by atoms with E-state index < -0.39 is 6.04 Å². The third-order valence-corrected chi connectivity index (χ3v) is 3.15. The lowest BCUT2D eigenvalue weighted by molar-refractivity contribution is -0.121. The van der Waals surface area contributed by atoms with Crippen LogP contribution in [0, 0.1) is 6.92 Å². The standard InChI is InChI=1S/C13H16Cl2N2O/c1-4-5-16-13(18)9(3)17-12-7-10(14)8(2)6-11(12)15/h4,6-7,9,17H,1,5H2,2-3H3,(H,16,18). The van der Waals surface area contributed by atoms with Crippen LogP contribution in [0.2, 0.25) is 10.0 Å². The third-order valence-electron chi connectivity index (χ3n) is 2.43. The summed E-state index contributed by atoms with van der Waals surface area (Å²) < 4.78 is 0. The maximum absolute atomic E-state index is 11.7. The number of nitrogens with one attached hydrogen (secondary N) is 2. The van der Waals surface area contributed by atoms with Crippen LogP contribution in [-0.4, -0.2) is 18.5 Å². The lowest BCUT2D eigenvalue weighted by Crippen LogP contribution is -2.37. The largest absolute Gasteiger partial charge is 0.373 e. The van der Waals surface area contributed by atoms with Crippen molar-refractivity contribution in [1.29, 1.82) is 0 Å². The highest BCUT2D eigenvalue weighted by atomic mass is 35.5. The molecule has 18 heavy (non-hydrogen) atoms. The van der Waals surface area contributed by atoms with Crippen LogP contribution in [-0.2, 0) is 4.79 Å². The second kappa shape index (κ2) is 6.66. The van der Waals surface area contributed by atoms with Crippen LogP contribution in [0.5, 0.6) is 0 Å². The van der Waals surface area contributed by atoms with E-state index in [1.807, 2.05) is 6.92 Å². The molecule has 0 radical (unpaired) electrons. The van der Waals surface area contributed by atoms with Gasteiger partial charge in [-0.3, -0.25) is 4.79 Å². The van der Waals surface area contributed by atoms with Crippen LogP contribution in [0.1, 0.15) is 12.5 Å². The van der Waals surface area contributed by atoms with Crippen LogP contribution in [0.3, 0.4) is 0 Å². The summed E-state index contributed by atoms with van der Waals surface area (Å²) >= 11 is 12.1. The topological polar surface area (TPSA) is 41.1 Å². The Morgan fingerprint density at radius 1 is 1.44 bits per heavy atom. The Kier molecular flexibility index (Phi) is 5.51. The summed E-state index contributed by atoms with van der Waals surface area (Å²) in [4.78, 5) is 11.7. The number of carbonyl (C=O) groups excluding carboxylic acids is 1. The zero-order chi connectivity index (χ0) is 13.7. The number of aryl methyl sites for hydroxylation is 1. The van der Waals surface area contributed by atoms with Gasteiger partial charge in [-0.15, -0.1) is 6.58 Å². The predicted molar refractivity (Wildman–Crippen MR) is 77.5 cm³/mol. The molecule has 1 aromatic rings. The Balaban J connectivity index is 2.75. The normalized spacial score (nSPS) is 11.8. The number of benzene rings is 1. The molecule has 0 aliphatic rings. The van der Waals surface area contributed by atoms with Gasteiger partial charge in [0.25, 0.3) is 0 Å². The van der Waals surface area contributed by atoms with Crippen LogP contribution in [0.25, 0.3) is 0 Å². The molecule has 0 aliphatic heterocycles. The van der Waals surface area contributed by atoms with E-state index in [9.17, 15) is 4.79 Å². The van der Waals surface area contributed by atoms with Gasteiger partial charge in [0.05, 0.1) is 10.7 Å². The Morgan fingerprint density at radius 2 is 2.11 bits per heavy atom. The van der Waals surface area contributed by atoms with Crippen LogP contribution in [0.4, 0.5) is 5.69 Å². The van der Waals surface area contributed by atoms with Crippen molar-refractivity contribution >= 4 is 34.8 Å². The molecule has 0 saturated heterocycles. The van der Waals surface area contributed by atoms with E-state index in [2.05, 4.69) is 17.2 Å². The van der Waals surface area contributed by atoms with Crippen molar-refractivity contribution in [3.05, 3.63) is 40.4 Å². The summed E-state index contributed by atoms with van der Waals surface area (Å²) in [6.45, 7) is 7.60. The first-order valence-electron chi connectivity index (χ1n) is 5.56. The molecule has 1 atom stereocenters. The quantitative estimate of drug-likeness (QED) is 0.815. The van der Waals surface area contributed by atoms with Gasteiger partial charge in [-0.1, -0.05) is 29.3 Å². The van der Waals surface area contributed by atoms with E-state index in [-0.39, 0.29) is 5.91 Å². The van der Waals surface area contributed by atoms with E-state index in [4.69, 9.17) is 23.2 Å². The first-order chi connectivity index (χ1) is 8.45. The van der Waals surface area contributed by atoms with Gasteiger partial charge in [0.2, 0.25) is 5.91 Å². The average molecular weight is 287 g/mol. The Morgan fingerprint density at radius 3 is 2.72 bits per heavy atom. The lowest BCUT2D eigenvalue weighted by Gasteiger charge is -2.16. The maximum Gasteiger partial charge on any atom is 0.242 e. The molecule has 0 bridgehead atoms. The molecule has 0 heterocycles. The van der Waals surface area contributed by atoms with E-state index >= 15 is 0 Å². The summed E-state index contributed by atoms with van der Waals surface area (Å²) in [6.07, 6.45) is 1.63. The number of anilines is 1. The minimum absolute atomic E-state index is 0.123. The Labute approximate surface area is 117 Å². The number of hydrogen-bond donors (Lipinski definition) is 2. The molecule has 5 heteroatoms. The van der Waals surface area contributed by atoms with Gasteiger partial charge >= 0.3 is 0 Å². The van der Waals surface area contributed by atoms with Crippen molar-refractivity contribution < 1.29 is 4.79 Å². The molecular formula is C13H16Cl2N2O. The summed E-state index contributed by atoms with van der Waals surface area (Å²) in [5, 5.41) is 6.88. The van der Waals surface area contributed by atoms with Gasteiger partial charge in [0, 0.05) is 11.6 Å². The molecule has 98 valence electrons.